The maximum absolute atomic E-state index is 13.0. The summed E-state index contributed by atoms with van der Waals surface area (Å²) in [5.74, 6) is 0.182. The lowest BCUT2D eigenvalue weighted by Gasteiger charge is -2.31. The molecule has 0 spiro atoms. The largest absolute Gasteiger partial charge is 0.496 e. The van der Waals surface area contributed by atoms with Crippen LogP contribution in [0.25, 0.3) is 0 Å². The van der Waals surface area contributed by atoms with Gasteiger partial charge in [-0.05, 0) is 37.7 Å². The maximum atomic E-state index is 13.0. The molecule has 2 heterocycles. The summed E-state index contributed by atoms with van der Waals surface area (Å²) >= 11 is 0. The highest BCUT2D eigenvalue weighted by Gasteiger charge is 2.34. The van der Waals surface area contributed by atoms with Crippen molar-refractivity contribution in [3.63, 3.8) is 0 Å². The van der Waals surface area contributed by atoms with Crippen molar-refractivity contribution in [2.24, 2.45) is 7.05 Å². The van der Waals surface area contributed by atoms with Crippen LogP contribution in [-0.4, -0.2) is 61.1 Å². The summed E-state index contributed by atoms with van der Waals surface area (Å²) < 4.78 is 17.8. The van der Waals surface area contributed by atoms with Crippen LogP contribution in [0.5, 0.6) is 5.75 Å². The van der Waals surface area contributed by atoms with Crippen LogP contribution in [0, 0.1) is 0 Å². The molecule has 10 heteroatoms. The van der Waals surface area contributed by atoms with Gasteiger partial charge in [0.2, 0.25) is 0 Å². The van der Waals surface area contributed by atoms with Crippen molar-refractivity contribution in [3.05, 3.63) is 58.6 Å². The summed E-state index contributed by atoms with van der Waals surface area (Å²) in [7, 11) is 6.96. The summed E-state index contributed by atoms with van der Waals surface area (Å²) in [6, 6.07) is 6.35. The number of amides is 2. The molecular weight excluding hydrogens is 426 g/mol. The first kappa shape index (κ1) is 24.3. The summed E-state index contributed by atoms with van der Waals surface area (Å²) in [4.78, 5) is 27.6. The van der Waals surface area contributed by atoms with E-state index in [2.05, 4.69) is 15.7 Å². The lowest BCUT2D eigenvalue weighted by Crippen LogP contribution is -2.48. The lowest BCUT2D eigenvalue weighted by atomic mass is 9.93. The van der Waals surface area contributed by atoms with Gasteiger partial charge >= 0.3 is 12.0 Å². The van der Waals surface area contributed by atoms with Gasteiger partial charge in [0.1, 0.15) is 5.75 Å². The molecule has 1 aromatic carbocycles. The average molecular weight is 458 g/mol. The topological polar surface area (TPSA) is 107 Å². The van der Waals surface area contributed by atoms with Crippen LogP contribution >= 0.6 is 0 Å². The third-order valence-electron chi connectivity index (χ3n) is 5.37. The fourth-order valence-electron chi connectivity index (χ4n) is 3.85. The average Bonchev–Trinajstić information content (AvgIpc) is 3.17. The molecule has 10 nitrogen and oxygen atoms in total. The fourth-order valence-corrected chi connectivity index (χ4v) is 3.85. The molecule has 3 rings (SSSR count). The molecule has 0 radical (unpaired) electrons. The van der Waals surface area contributed by atoms with Crippen LogP contribution in [0.3, 0.4) is 0 Å². The first-order valence-corrected chi connectivity index (χ1v) is 10.7. The zero-order valence-corrected chi connectivity index (χ0v) is 19.7. The molecule has 178 valence electrons. The summed E-state index contributed by atoms with van der Waals surface area (Å²) in [6.45, 7) is 3.23. The Morgan fingerprint density at radius 2 is 2.03 bits per heavy atom. The number of carbonyl (C=O) groups is 2. The smallest absolute Gasteiger partial charge is 0.338 e. The molecule has 0 aliphatic carbocycles. The predicted molar refractivity (Wildman–Crippen MR) is 121 cm³/mol. The van der Waals surface area contributed by atoms with E-state index in [1.807, 2.05) is 37.2 Å². The number of hydrogen-bond donors (Lipinski definition) is 2. The maximum Gasteiger partial charge on any atom is 0.338 e. The second-order valence-electron chi connectivity index (χ2n) is 7.77. The van der Waals surface area contributed by atoms with Gasteiger partial charge in [0.25, 0.3) is 0 Å². The number of esters is 1. The molecule has 0 unspecified atom stereocenters. The van der Waals surface area contributed by atoms with Gasteiger partial charge in [-0.2, -0.15) is 5.10 Å². The predicted octanol–water partition coefficient (Wildman–Crippen LogP) is 1.88. The van der Waals surface area contributed by atoms with Crippen molar-refractivity contribution in [2.75, 3.05) is 34.4 Å². The van der Waals surface area contributed by atoms with Crippen LogP contribution in [0.2, 0.25) is 0 Å². The van der Waals surface area contributed by atoms with Crippen molar-refractivity contribution in [1.29, 1.82) is 0 Å². The zero-order chi connectivity index (χ0) is 24.0. The molecule has 0 saturated heterocycles. The molecule has 2 amide bonds. The number of hydrogen-bond acceptors (Lipinski definition) is 7. The third kappa shape index (κ3) is 5.71. The minimum atomic E-state index is -0.681. The normalized spacial score (nSPS) is 15.9. The summed E-state index contributed by atoms with van der Waals surface area (Å²) in [5, 5.41) is 9.86. The Kier molecular flexibility index (Phi) is 8.07. The molecule has 1 aromatic heterocycles. The third-order valence-corrected chi connectivity index (χ3v) is 5.37. The van der Waals surface area contributed by atoms with Crippen molar-refractivity contribution in [2.45, 2.75) is 26.1 Å². The Bertz CT molecular complexity index is 1030. The van der Waals surface area contributed by atoms with Gasteiger partial charge in [0, 0.05) is 44.7 Å². The molecule has 0 fully saturated rings. The molecule has 0 bridgehead atoms. The van der Waals surface area contributed by atoms with E-state index >= 15 is 0 Å². The molecule has 2 aromatic rings. The van der Waals surface area contributed by atoms with Gasteiger partial charge in [0.05, 0.1) is 37.6 Å². The Hall–Kier alpha value is -3.37. The van der Waals surface area contributed by atoms with Crippen LogP contribution in [0.15, 0.2) is 41.7 Å². The number of likely N-dealkylation sites (N-methyl/N-ethyl adjacent to an activating group) is 1. The second kappa shape index (κ2) is 11.0. The highest BCUT2D eigenvalue weighted by atomic mass is 16.5. The van der Waals surface area contributed by atoms with Gasteiger partial charge in [-0.3, -0.25) is 9.58 Å². The quantitative estimate of drug-likeness (QED) is 0.525. The number of benzene rings is 1. The van der Waals surface area contributed by atoms with E-state index in [-0.39, 0.29) is 12.6 Å². The standard InChI is InChI=1S/C23H31N5O5/c1-6-33-22(29)20-18(13-27(2)12-17-9-10-24-28(17)3)25-23(30)26-21(20)15-7-8-19(32-5)16(11-15)14-31-4/h7-11,21H,6,12-14H2,1-5H3,(H2,25,26,30)/t21-/m1/s1. The number of aromatic nitrogens is 2. The fraction of sp³-hybridized carbons (Fsp3) is 0.435. The molecule has 33 heavy (non-hydrogen) atoms. The van der Waals surface area contributed by atoms with Crippen LogP contribution in [-0.2, 0) is 34.5 Å². The first-order valence-electron chi connectivity index (χ1n) is 10.7. The van der Waals surface area contributed by atoms with Crippen LogP contribution in [0.1, 0.15) is 29.8 Å². The van der Waals surface area contributed by atoms with Crippen LogP contribution in [0.4, 0.5) is 4.79 Å². The van der Waals surface area contributed by atoms with E-state index in [4.69, 9.17) is 14.2 Å². The molecule has 1 aliphatic rings. The molecule has 2 N–H and O–H groups in total. The number of methoxy groups -OCH3 is 2. The Labute approximate surface area is 193 Å². The van der Waals surface area contributed by atoms with Gasteiger partial charge in [0.15, 0.2) is 0 Å². The van der Waals surface area contributed by atoms with Gasteiger partial charge in [-0.1, -0.05) is 6.07 Å². The minimum absolute atomic E-state index is 0.221. The number of nitrogens with one attached hydrogen (secondary N) is 2. The molecule has 0 saturated carbocycles. The van der Waals surface area contributed by atoms with Crippen molar-refractivity contribution < 1.29 is 23.8 Å². The number of rotatable bonds is 10. The number of carbonyl (C=O) groups excluding carboxylic acids is 2. The van der Waals surface area contributed by atoms with Gasteiger partial charge < -0.3 is 24.8 Å². The van der Waals surface area contributed by atoms with E-state index in [0.717, 1.165) is 16.8 Å². The van der Waals surface area contributed by atoms with Gasteiger partial charge in [-0.15, -0.1) is 0 Å². The SMILES string of the molecule is CCOC(=O)C1=C(CN(C)Cc2ccnn2C)NC(=O)N[C@@H]1c1ccc(OC)c(COC)c1. The number of aryl methyl sites for hydroxylation is 1. The number of urea groups is 1. The number of ether oxygens (including phenoxy) is 3. The van der Waals surface area contributed by atoms with E-state index in [1.54, 1.807) is 38.1 Å². The van der Waals surface area contributed by atoms with E-state index in [9.17, 15) is 9.59 Å². The Balaban J connectivity index is 1.99. The Morgan fingerprint density at radius 3 is 2.67 bits per heavy atom. The zero-order valence-electron chi connectivity index (χ0n) is 19.7. The summed E-state index contributed by atoms with van der Waals surface area (Å²) in [6.07, 6.45) is 1.73. The van der Waals surface area contributed by atoms with Crippen molar-refractivity contribution >= 4 is 12.0 Å². The summed E-state index contributed by atoms with van der Waals surface area (Å²) in [5.41, 5.74) is 3.40. The monoisotopic (exact) mass is 457 g/mol. The van der Waals surface area contributed by atoms with Crippen molar-refractivity contribution in [3.8, 4) is 5.75 Å². The first-order chi connectivity index (χ1) is 15.9. The minimum Gasteiger partial charge on any atom is -0.496 e. The number of nitrogens with zero attached hydrogens (tertiary/aromatic N) is 3. The Morgan fingerprint density at radius 1 is 1.24 bits per heavy atom. The highest BCUT2D eigenvalue weighted by Crippen LogP contribution is 2.31. The van der Waals surface area contributed by atoms with Crippen LogP contribution < -0.4 is 15.4 Å². The highest BCUT2D eigenvalue weighted by molar-refractivity contribution is 5.95. The van der Waals surface area contributed by atoms with E-state index in [1.165, 1.54) is 0 Å². The van der Waals surface area contributed by atoms with E-state index in [0.29, 0.717) is 36.7 Å². The van der Waals surface area contributed by atoms with E-state index < -0.39 is 12.0 Å². The molecule has 1 atom stereocenters. The second-order valence-corrected chi connectivity index (χ2v) is 7.77. The molecular formula is C23H31N5O5. The molecule has 1 aliphatic heterocycles. The van der Waals surface area contributed by atoms with Gasteiger partial charge in [-0.25, -0.2) is 9.59 Å². The lowest BCUT2D eigenvalue weighted by molar-refractivity contribution is -0.139. The van der Waals surface area contributed by atoms with Crippen molar-refractivity contribution in [1.82, 2.24) is 25.3 Å².